The molecule has 0 aliphatic rings. The lowest BCUT2D eigenvalue weighted by molar-refractivity contribution is 0.239. The van der Waals surface area contributed by atoms with Crippen molar-refractivity contribution < 1.29 is 18.4 Å². The maximum Gasteiger partial charge on any atom is 0.315 e. The average molecular weight is 341 g/mol. The zero-order valence-corrected chi connectivity index (χ0v) is 13.8. The van der Waals surface area contributed by atoms with Crippen molar-refractivity contribution in [1.82, 2.24) is 15.6 Å². The SMILES string of the molecule is COc1ccc(-c2nc(CCNC(=O)NCc3ccco3)co2)cc1. The second-order valence-corrected chi connectivity index (χ2v) is 5.31. The van der Waals surface area contributed by atoms with Crippen LogP contribution in [0.3, 0.4) is 0 Å². The summed E-state index contributed by atoms with van der Waals surface area (Å²) >= 11 is 0. The number of carbonyl (C=O) groups is 1. The summed E-state index contributed by atoms with van der Waals surface area (Å²) in [5, 5.41) is 5.48. The number of amides is 2. The van der Waals surface area contributed by atoms with E-state index in [0.29, 0.717) is 31.2 Å². The minimum atomic E-state index is -0.254. The van der Waals surface area contributed by atoms with Gasteiger partial charge in [-0.1, -0.05) is 0 Å². The highest BCUT2D eigenvalue weighted by Gasteiger charge is 2.08. The van der Waals surface area contributed by atoms with E-state index >= 15 is 0 Å². The van der Waals surface area contributed by atoms with Gasteiger partial charge >= 0.3 is 6.03 Å². The van der Waals surface area contributed by atoms with Crippen LogP contribution in [-0.4, -0.2) is 24.7 Å². The Balaban J connectivity index is 1.44. The van der Waals surface area contributed by atoms with Crippen LogP contribution in [0.15, 0.2) is 57.8 Å². The maximum absolute atomic E-state index is 11.7. The number of hydrogen-bond donors (Lipinski definition) is 2. The molecule has 0 bridgehead atoms. The molecule has 0 spiro atoms. The van der Waals surface area contributed by atoms with E-state index < -0.39 is 0 Å². The van der Waals surface area contributed by atoms with Crippen molar-refractivity contribution in [3.05, 3.63) is 60.4 Å². The Bertz CT molecular complexity index is 794. The van der Waals surface area contributed by atoms with Gasteiger partial charge in [-0.25, -0.2) is 9.78 Å². The summed E-state index contributed by atoms with van der Waals surface area (Å²) in [6.45, 7) is 0.809. The lowest BCUT2D eigenvalue weighted by atomic mass is 10.2. The second-order valence-electron chi connectivity index (χ2n) is 5.31. The van der Waals surface area contributed by atoms with Gasteiger partial charge in [0.25, 0.3) is 0 Å². The predicted octanol–water partition coefficient (Wildman–Crippen LogP) is 2.99. The van der Waals surface area contributed by atoms with Crippen molar-refractivity contribution in [2.75, 3.05) is 13.7 Å². The molecule has 0 radical (unpaired) electrons. The number of nitrogens with zero attached hydrogens (tertiary/aromatic N) is 1. The van der Waals surface area contributed by atoms with E-state index in [0.717, 1.165) is 17.0 Å². The first-order chi connectivity index (χ1) is 12.2. The first-order valence-corrected chi connectivity index (χ1v) is 7.87. The van der Waals surface area contributed by atoms with Gasteiger partial charge in [0.15, 0.2) is 0 Å². The van der Waals surface area contributed by atoms with E-state index in [-0.39, 0.29) is 6.03 Å². The number of benzene rings is 1. The van der Waals surface area contributed by atoms with Crippen LogP contribution >= 0.6 is 0 Å². The summed E-state index contributed by atoms with van der Waals surface area (Å²) in [5.74, 6) is 2.02. The van der Waals surface area contributed by atoms with E-state index in [1.165, 1.54) is 0 Å². The third-order valence-electron chi connectivity index (χ3n) is 3.56. The van der Waals surface area contributed by atoms with E-state index in [2.05, 4.69) is 15.6 Å². The lowest BCUT2D eigenvalue weighted by Gasteiger charge is -2.05. The number of ether oxygens (including phenoxy) is 1. The molecule has 2 amide bonds. The lowest BCUT2D eigenvalue weighted by Crippen LogP contribution is -2.36. The molecule has 3 rings (SSSR count). The van der Waals surface area contributed by atoms with Gasteiger partial charge in [0.2, 0.25) is 5.89 Å². The molecule has 0 saturated heterocycles. The number of rotatable bonds is 7. The molecule has 0 aliphatic heterocycles. The third-order valence-corrected chi connectivity index (χ3v) is 3.56. The van der Waals surface area contributed by atoms with Crippen molar-refractivity contribution >= 4 is 6.03 Å². The molecule has 0 fully saturated rings. The Kier molecular flexibility index (Phi) is 5.36. The van der Waals surface area contributed by atoms with E-state index in [9.17, 15) is 4.79 Å². The highest BCUT2D eigenvalue weighted by molar-refractivity contribution is 5.73. The highest BCUT2D eigenvalue weighted by atomic mass is 16.5. The Morgan fingerprint density at radius 2 is 2.00 bits per heavy atom. The fraction of sp³-hybridized carbons (Fsp3) is 0.222. The molecule has 0 saturated carbocycles. The Hall–Kier alpha value is -3.22. The fourth-order valence-corrected chi connectivity index (χ4v) is 2.24. The molecule has 0 aliphatic carbocycles. The van der Waals surface area contributed by atoms with Crippen molar-refractivity contribution in [3.63, 3.8) is 0 Å². The van der Waals surface area contributed by atoms with E-state index in [4.69, 9.17) is 13.6 Å². The van der Waals surface area contributed by atoms with Gasteiger partial charge in [-0.05, 0) is 36.4 Å². The zero-order chi connectivity index (χ0) is 17.5. The Labute approximate surface area is 145 Å². The number of oxazole rings is 1. The molecular weight excluding hydrogens is 322 g/mol. The Morgan fingerprint density at radius 1 is 1.16 bits per heavy atom. The van der Waals surface area contributed by atoms with Gasteiger partial charge in [0.05, 0.1) is 25.6 Å². The molecule has 130 valence electrons. The summed E-state index contributed by atoms with van der Waals surface area (Å²) < 4.78 is 15.8. The van der Waals surface area contributed by atoms with Crippen LogP contribution in [0.4, 0.5) is 4.79 Å². The summed E-state index contributed by atoms with van der Waals surface area (Å²) in [5.41, 5.74) is 1.65. The van der Waals surface area contributed by atoms with Gasteiger partial charge in [0, 0.05) is 18.5 Å². The zero-order valence-electron chi connectivity index (χ0n) is 13.8. The van der Waals surface area contributed by atoms with Gasteiger partial charge < -0.3 is 24.2 Å². The van der Waals surface area contributed by atoms with Gasteiger partial charge in [0.1, 0.15) is 17.8 Å². The Morgan fingerprint density at radius 3 is 2.72 bits per heavy atom. The van der Waals surface area contributed by atoms with Crippen molar-refractivity contribution in [1.29, 1.82) is 0 Å². The average Bonchev–Trinajstić information content (AvgIpc) is 3.32. The number of hydrogen-bond acceptors (Lipinski definition) is 5. The molecule has 2 aromatic heterocycles. The van der Waals surface area contributed by atoms with E-state index in [1.807, 2.05) is 24.3 Å². The first-order valence-electron chi connectivity index (χ1n) is 7.87. The first kappa shape index (κ1) is 16.6. The van der Waals surface area contributed by atoms with Crippen LogP contribution in [0.1, 0.15) is 11.5 Å². The molecule has 0 unspecified atom stereocenters. The standard InChI is InChI=1S/C18H19N3O4/c1-23-15-6-4-13(5-7-15)17-21-14(12-25-17)8-9-19-18(22)20-11-16-3-2-10-24-16/h2-7,10,12H,8-9,11H2,1H3,(H2,19,20,22). The van der Waals surface area contributed by atoms with Crippen LogP contribution in [-0.2, 0) is 13.0 Å². The van der Waals surface area contributed by atoms with Crippen molar-refractivity contribution in [2.45, 2.75) is 13.0 Å². The quantitative estimate of drug-likeness (QED) is 0.689. The number of aromatic nitrogens is 1. The fourth-order valence-electron chi connectivity index (χ4n) is 2.24. The number of carbonyl (C=O) groups excluding carboxylic acids is 1. The van der Waals surface area contributed by atoms with Crippen LogP contribution in [0.5, 0.6) is 5.75 Å². The highest BCUT2D eigenvalue weighted by Crippen LogP contribution is 2.21. The maximum atomic E-state index is 11.7. The summed E-state index contributed by atoms with van der Waals surface area (Å²) in [7, 11) is 1.62. The van der Waals surface area contributed by atoms with Gasteiger partial charge in [-0.3, -0.25) is 0 Å². The molecule has 1 aromatic carbocycles. The molecule has 3 aromatic rings. The normalized spacial score (nSPS) is 10.4. The van der Waals surface area contributed by atoms with Crippen LogP contribution in [0.2, 0.25) is 0 Å². The van der Waals surface area contributed by atoms with Crippen LogP contribution < -0.4 is 15.4 Å². The summed E-state index contributed by atoms with van der Waals surface area (Å²) in [6, 6.07) is 10.8. The van der Waals surface area contributed by atoms with E-state index in [1.54, 1.807) is 31.8 Å². The molecule has 2 heterocycles. The molecule has 7 nitrogen and oxygen atoms in total. The molecule has 0 atom stereocenters. The van der Waals surface area contributed by atoms with Crippen LogP contribution in [0, 0.1) is 0 Å². The molecule has 2 N–H and O–H groups in total. The molecule has 25 heavy (non-hydrogen) atoms. The van der Waals surface area contributed by atoms with Crippen molar-refractivity contribution in [2.24, 2.45) is 0 Å². The topological polar surface area (TPSA) is 89.5 Å². The molecule has 7 heteroatoms. The summed E-state index contributed by atoms with van der Waals surface area (Å²) in [6.07, 6.45) is 3.75. The molecular formula is C18H19N3O4. The largest absolute Gasteiger partial charge is 0.497 e. The third kappa shape index (κ3) is 4.63. The number of urea groups is 1. The van der Waals surface area contributed by atoms with Crippen molar-refractivity contribution in [3.8, 4) is 17.2 Å². The predicted molar refractivity (Wildman–Crippen MR) is 91.1 cm³/mol. The minimum Gasteiger partial charge on any atom is -0.497 e. The van der Waals surface area contributed by atoms with Gasteiger partial charge in [-0.15, -0.1) is 0 Å². The smallest absolute Gasteiger partial charge is 0.315 e. The summed E-state index contributed by atoms with van der Waals surface area (Å²) in [4.78, 5) is 16.1. The number of furan rings is 1. The number of nitrogens with one attached hydrogen (secondary N) is 2. The van der Waals surface area contributed by atoms with Crippen LogP contribution in [0.25, 0.3) is 11.5 Å². The number of methoxy groups -OCH3 is 1. The monoisotopic (exact) mass is 341 g/mol. The second kappa shape index (κ2) is 8.05. The minimum absolute atomic E-state index is 0.254. The van der Waals surface area contributed by atoms with Gasteiger partial charge in [-0.2, -0.15) is 0 Å².